The van der Waals surface area contributed by atoms with E-state index in [0.29, 0.717) is 5.11 Å². The van der Waals surface area contributed by atoms with Crippen LogP contribution in [0.2, 0.25) is 0 Å². The number of benzene rings is 2. The molecule has 3 rings (SSSR count). The summed E-state index contributed by atoms with van der Waals surface area (Å²) in [6.07, 6.45) is 3.36. The molecule has 6 heteroatoms. The fraction of sp³-hybridized carbons (Fsp3) is 0.118. The van der Waals surface area contributed by atoms with E-state index in [4.69, 9.17) is 12.2 Å². The summed E-state index contributed by atoms with van der Waals surface area (Å²) in [7, 11) is 4.02. The number of hydrogen-bond acceptors (Lipinski definition) is 4. The van der Waals surface area contributed by atoms with Gasteiger partial charge in [-0.25, -0.2) is 0 Å². The van der Waals surface area contributed by atoms with Gasteiger partial charge in [0, 0.05) is 43.6 Å². The van der Waals surface area contributed by atoms with Crippen LogP contribution in [0.5, 0.6) is 0 Å². The van der Waals surface area contributed by atoms with Gasteiger partial charge >= 0.3 is 0 Å². The fourth-order valence-electron chi connectivity index (χ4n) is 2.18. The van der Waals surface area contributed by atoms with Gasteiger partial charge in [-0.2, -0.15) is 0 Å². The van der Waals surface area contributed by atoms with Crippen LogP contribution in [-0.2, 0) is 0 Å². The Morgan fingerprint density at radius 1 is 0.870 bits per heavy atom. The van der Waals surface area contributed by atoms with E-state index in [1.807, 2.05) is 56.6 Å². The van der Waals surface area contributed by atoms with Crippen molar-refractivity contribution in [3.05, 3.63) is 54.9 Å². The summed E-state index contributed by atoms with van der Waals surface area (Å²) in [6, 6.07) is 13.8. The topological polar surface area (TPSA) is 53.1 Å². The first-order chi connectivity index (χ1) is 11.1. The molecule has 116 valence electrons. The van der Waals surface area contributed by atoms with Crippen molar-refractivity contribution in [2.75, 3.05) is 29.6 Å². The average Bonchev–Trinajstić information content (AvgIpc) is 2.55. The molecule has 0 saturated carbocycles. The molecule has 0 saturated heterocycles. The van der Waals surface area contributed by atoms with Gasteiger partial charge in [0.05, 0.1) is 11.0 Å². The van der Waals surface area contributed by atoms with Crippen molar-refractivity contribution in [2.24, 2.45) is 0 Å². The van der Waals surface area contributed by atoms with Crippen LogP contribution >= 0.6 is 12.2 Å². The zero-order valence-electron chi connectivity index (χ0n) is 12.9. The molecule has 5 nitrogen and oxygen atoms in total. The maximum absolute atomic E-state index is 5.36. The Balaban J connectivity index is 1.68. The molecule has 1 aromatic heterocycles. The van der Waals surface area contributed by atoms with Gasteiger partial charge in [-0.05, 0) is 54.7 Å². The SMILES string of the molecule is CN(C)c1ccc(NC(=S)Nc2ccc3nccnc3c2)cc1. The van der Waals surface area contributed by atoms with Crippen LogP contribution in [0.4, 0.5) is 17.1 Å². The van der Waals surface area contributed by atoms with E-state index in [-0.39, 0.29) is 0 Å². The van der Waals surface area contributed by atoms with Crippen molar-refractivity contribution in [1.82, 2.24) is 9.97 Å². The van der Waals surface area contributed by atoms with E-state index >= 15 is 0 Å². The van der Waals surface area contributed by atoms with Gasteiger partial charge in [-0.3, -0.25) is 9.97 Å². The van der Waals surface area contributed by atoms with Crippen molar-refractivity contribution in [2.45, 2.75) is 0 Å². The molecule has 0 spiro atoms. The molecule has 0 aliphatic heterocycles. The van der Waals surface area contributed by atoms with Crippen LogP contribution in [0.15, 0.2) is 54.9 Å². The molecular weight excluding hydrogens is 306 g/mol. The van der Waals surface area contributed by atoms with Gasteiger partial charge in [0.1, 0.15) is 0 Å². The number of rotatable bonds is 3. The zero-order valence-corrected chi connectivity index (χ0v) is 13.8. The summed E-state index contributed by atoms with van der Waals surface area (Å²) in [6.45, 7) is 0. The molecule has 0 atom stereocenters. The molecule has 1 heterocycles. The predicted molar refractivity (Wildman–Crippen MR) is 100 cm³/mol. The van der Waals surface area contributed by atoms with Gasteiger partial charge in [0.2, 0.25) is 0 Å². The molecule has 0 radical (unpaired) electrons. The summed E-state index contributed by atoms with van der Waals surface area (Å²) in [5.74, 6) is 0. The standard InChI is InChI=1S/C17H17N5S/c1-22(2)14-6-3-12(4-7-14)20-17(23)21-13-5-8-15-16(11-13)19-10-9-18-15/h3-11H,1-2H3,(H2,20,21,23). The van der Waals surface area contributed by atoms with E-state index in [2.05, 4.69) is 25.5 Å². The predicted octanol–water partition coefficient (Wildman–Crippen LogP) is 3.50. The molecule has 0 bridgehead atoms. The van der Waals surface area contributed by atoms with Gasteiger partial charge in [-0.15, -0.1) is 0 Å². The minimum atomic E-state index is 0.533. The third-order valence-corrected chi connectivity index (χ3v) is 3.57. The lowest BCUT2D eigenvalue weighted by atomic mass is 10.2. The Bertz CT molecular complexity index is 830. The quantitative estimate of drug-likeness (QED) is 0.720. The Labute approximate surface area is 140 Å². The molecule has 0 unspecified atom stereocenters. The number of fused-ring (bicyclic) bond motifs is 1. The number of anilines is 3. The van der Waals surface area contributed by atoms with E-state index in [9.17, 15) is 0 Å². The first kappa shape index (κ1) is 15.2. The lowest BCUT2D eigenvalue weighted by molar-refractivity contribution is 1.13. The van der Waals surface area contributed by atoms with Crippen molar-refractivity contribution in [1.29, 1.82) is 0 Å². The van der Waals surface area contributed by atoms with E-state index in [1.165, 1.54) is 0 Å². The molecule has 3 aromatic rings. The highest BCUT2D eigenvalue weighted by atomic mass is 32.1. The minimum Gasteiger partial charge on any atom is -0.378 e. The number of nitrogens with zero attached hydrogens (tertiary/aromatic N) is 3. The monoisotopic (exact) mass is 323 g/mol. The maximum Gasteiger partial charge on any atom is 0.175 e. The smallest absolute Gasteiger partial charge is 0.175 e. The van der Waals surface area contributed by atoms with E-state index in [1.54, 1.807) is 12.4 Å². The first-order valence-corrected chi connectivity index (χ1v) is 7.59. The lowest BCUT2D eigenvalue weighted by Crippen LogP contribution is -2.19. The van der Waals surface area contributed by atoms with Crippen LogP contribution in [0.3, 0.4) is 0 Å². The fourth-order valence-corrected chi connectivity index (χ4v) is 2.41. The summed E-state index contributed by atoms with van der Waals surface area (Å²) in [5, 5.41) is 6.87. The first-order valence-electron chi connectivity index (χ1n) is 7.18. The maximum atomic E-state index is 5.36. The van der Waals surface area contributed by atoms with Crippen LogP contribution in [-0.4, -0.2) is 29.2 Å². The van der Waals surface area contributed by atoms with Crippen molar-refractivity contribution < 1.29 is 0 Å². The van der Waals surface area contributed by atoms with Crippen LogP contribution in [0, 0.1) is 0 Å². The average molecular weight is 323 g/mol. The minimum absolute atomic E-state index is 0.533. The van der Waals surface area contributed by atoms with Gasteiger partial charge in [-0.1, -0.05) is 0 Å². The van der Waals surface area contributed by atoms with Crippen LogP contribution < -0.4 is 15.5 Å². The second-order valence-electron chi connectivity index (χ2n) is 5.28. The molecule has 23 heavy (non-hydrogen) atoms. The molecule has 0 amide bonds. The van der Waals surface area contributed by atoms with Crippen LogP contribution in [0.25, 0.3) is 11.0 Å². The third-order valence-electron chi connectivity index (χ3n) is 3.37. The normalized spacial score (nSPS) is 10.3. The lowest BCUT2D eigenvalue weighted by Gasteiger charge is -2.14. The van der Waals surface area contributed by atoms with Crippen LogP contribution in [0.1, 0.15) is 0 Å². The molecule has 0 fully saturated rings. The Hall–Kier alpha value is -2.73. The Morgan fingerprint density at radius 3 is 2.17 bits per heavy atom. The molecular formula is C17H17N5S. The number of aromatic nitrogens is 2. The van der Waals surface area contributed by atoms with E-state index in [0.717, 1.165) is 28.1 Å². The number of nitrogens with one attached hydrogen (secondary N) is 2. The highest BCUT2D eigenvalue weighted by Crippen LogP contribution is 2.17. The summed E-state index contributed by atoms with van der Waals surface area (Å²) in [4.78, 5) is 10.6. The Morgan fingerprint density at radius 2 is 1.48 bits per heavy atom. The molecule has 0 aliphatic rings. The largest absolute Gasteiger partial charge is 0.378 e. The number of hydrogen-bond donors (Lipinski definition) is 2. The van der Waals surface area contributed by atoms with Crippen molar-refractivity contribution >= 4 is 45.4 Å². The van der Waals surface area contributed by atoms with Crippen molar-refractivity contribution in [3.63, 3.8) is 0 Å². The van der Waals surface area contributed by atoms with Crippen molar-refractivity contribution in [3.8, 4) is 0 Å². The highest BCUT2D eigenvalue weighted by molar-refractivity contribution is 7.80. The summed E-state index contributed by atoms with van der Waals surface area (Å²) < 4.78 is 0. The number of thiocarbonyl (C=S) groups is 1. The van der Waals surface area contributed by atoms with E-state index < -0.39 is 0 Å². The third kappa shape index (κ3) is 3.73. The van der Waals surface area contributed by atoms with Gasteiger partial charge in [0.15, 0.2) is 5.11 Å². The summed E-state index contributed by atoms with van der Waals surface area (Å²) >= 11 is 5.36. The second-order valence-corrected chi connectivity index (χ2v) is 5.69. The molecule has 2 N–H and O–H groups in total. The highest BCUT2D eigenvalue weighted by Gasteiger charge is 2.02. The molecule has 2 aromatic carbocycles. The second kappa shape index (κ2) is 6.58. The van der Waals surface area contributed by atoms with Gasteiger partial charge < -0.3 is 15.5 Å². The summed E-state index contributed by atoms with van der Waals surface area (Å²) in [5.41, 5.74) is 4.64. The molecule has 0 aliphatic carbocycles. The zero-order chi connectivity index (χ0) is 16.2. The Kier molecular flexibility index (Phi) is 4.34. The van der Waals surface area contributed by atoms with Gasteiger partial charge in [0.25, 0.3) is 0 Å².